The van der Waals surface area contributed by atoms with E-state index in [4.69, 9.17) is 4.74 Å². The molecule has 0 fully saturated rings. The Balaban J connectivity index is 1.65. The van der Waals surface area contributed by atoms with Crippen LogP contribution in [-0.4, -0.2) is 42.7 Å². The van der Waals surface area contributed by atoms with Crippen LogP contribution < -0.4 is 15.4 Å². The number of anilines is 2. The maximum atomic E-state index is 12.5. The molecule has 7 nitrogen and oxygen atoms in total. The SMILES string of the molecule is CC(C)COc1ccc(NC(=O)Nc2ccc3c(ccn3CCN(C)C)c2)cc1C#N. The fraction of sp³-hybridized carbons (Fsp3) is 0.333. The summed E-state index contributed by atoms with van der Waals surface area (Å²) in [5.74, 6) is 0.878. The summed E-state index contributed by atoms with van der Waals surface area (Å²) >= 11 is 0. The van der Waals surface area contributed by atoms with Gasteiger partial charge in [0, 0.05) is 41.6 Å². The van der Waals surface area contributed by atoms with Crippen LogP contribution >= 0.6 is 0 Å². The Kier molecular flexibility index (Phi) is 7.16. The van der Waals surface area contributed by atoms with Crippen LogP contribution in [0.2, 0.25) is 0 Å². The summed E-state index contributed by atoms with van der Waals surface area (Å²) in [5.41, 5.74) is 2.75. The Morgan fingerprint density at radius 3 is 2.52 bits per heavy atom. The Labute approximate surface area is 183 Å². The van der Waals surface area contributed by atoms with Crippen molar-refractivity contribution in [2.24, 2.45) is 5.92 Å². The molecule has 0 atom stereocenters. The molecule has 0 saturated carbocycles. The number of hydrogen-bond acceptors (Lipinski definition) is 4. The monoisotopic (exact) mass is 419 g/mol. The van der Waals surface area contributed by atoms with Crippen LogP contribution in [0.5, 0.6) is 5.75 Å². The van der Waals surface area contributed by atoms with E-state index >= 15 is 0 Å². The number of likely N-dealkylation sites (N-methyl/N-ethyl adjacent to an activating group) is 1. The number of carbonyl (C=O) groups is 1. The van der Waals surface area contributed by atoms with E-state index in [1.54, 1.807) is 18.2 Å². The van der Waals surface area contributed by atoms with Gasteiger partial charge < -0.3 is 24.8 Å². The minimum atomic E-state index is -0.369. The Morgan fingerprint density at radius 1 is 1.13 bits per heavy atom. The molecule has 2 aromatic carbocycles. The highest BCUT2D eigenvalue weighted by molar-refractivity contribution is 6.01. The molecule has 0 aliphatic rings. The predicted molar refractivity (Wildman–Crippen MR) is 125 cm³/mol. The number of nitrogens with one attached hydrogen (secondary N) is 2. The molecular weight excluding hydrogens is 390 g/mol. The summed E-state index contributed by atoms with van der Waals surface area (Å²) in [4.78, 5) is 14.6. The highest BCUT2D eigenvalue weighted by Gasteiger charge is 2.10. The van der Waals surface area contributed by atoms with Gasteiger partial charge >= 0.3 is 6.03 Å². The first-order chi connectivity index (χ1) is 14.9. The molecule has 0 unspecified atom stereocenters. The number of benzene rings is 2. The third kappa shape index (κ3) is 6.00. The van der Waals surface area contributed by atoms with Gasteiger partial charge in [-0.25, -0.2) is 4.79 Å². The quantitative estimate of drug-likeness (QED) is 0.552. The van der Waals surface area contributed by atoms with E-state index in [9.17, 15) is 10.1 Å². The van der Waals surface area contributed by atoms with E-state index in [1.807, 2.05) is 38.1 Å². The molecule has 0 aliphatic carbocycles. The molecule has 2 amide bonds. The third-order valence-corrected chi connectivity index (χ3v) is 4.75. The molecular formula is C24H29N5O2. The van der Waals surface area contributed by atoms with Crippen LogP contribution in [0.4, 0.5) is 16.2 Å². The summed E-state index contributed by atoms with van der Waals surface area (Å²) in [7, 11) is 4.11. The highest BCUT2D eigenvalue weighted by atomic mass is 16.5. The molecule has 3 rings (SSSR count). The van der Waals surface area contributed by atoms with Gasteiger partial charge in [-0.15, -0.1) is 0 Å². The normalized spacial score (nSPS) is 11.0. The van der Waals surface area contributed by atoms with E-state index in [1.165, 1.54) is 0 Å². The average molecular weight is 420 g/mol. The van der Waals surface area contributed by atoms with Gasteiger partial charge in [-0.2, -0.15) is 5.26 Å². The van der Waals surface area contributed by atoms with Gasteiger partial charge in [0.1, 0.15) is 11.8 Å². The van der Waals surface area contributed by atoms with E-state index < -0.39 is 0 Å². The maximum absolute atomic E-state index is 12.5. The van der Waals surface area contributed by atoms with Crippen molar-refractivity contribution in [3.05, 3.63) is 54.2 Å². The molecule has 2 N–H and O–H groups in total. The largest absolute Gasteiger partial charge is 0.492 e. The Hall–Kier alpha value is -3.50. The minimum absolute atomic E-state index is 0.359. The second kappa shape index (κ2) is 10.0. The fourth-order valence-corrected chi connectivity index (χ4v) is 3.15. The molecule has 0 spiro atoms. The summed E-state index contributed by atoms with van der Waals surface area (Å²) < 4.78 is 7.86. The van der Waals surface area contributed by atoms with Crippen LogP contribution in [-0.2, 0) is 6.54 Å². The van der Waals surface area contributed by atoms with Gasteiger partial charge in [-0.1, -0.05) is 13.8 Å². The van der Waals surface area contributed by atoms with E-state index in [-0.39, 0.29) is 6.03 Å². The molecule has 3 aromatic rings. The van der Waals surface area contributed by atoms with Crippen molar-refractivity contribution in [3.63, 3.8) is 0 Å². The molecule has 1 aromatic heterocycles. The molecule has 0 radical (unpaired) electrons. The third-order valence-electron chi connectivity index (χ3n) is 4.75. The molecule has 0 saturated heterocycles. The molecule has 162 valence electrons. The van der Waals surface area contributed by atoms with Crippen molar-refractivity contribution in [1.29, 1.82) is 5.26 Å². The van der Waals surface area contributed by atoms with Crippen molar-refractivity contribution in [1.82, 2.24) is 9.47 Å². The van der Waals surface area contributed by atoms with Crippen LogP contribution in [0.15, 0.2) is 48.7 Å². The lowest BCUT2D eigenvalue weighted by Crippen LogP contribution is -2.19. The molecule has 31 heavy (non-hydrogen) atoms. The summed E-state index contributed by atoms with van der Waals surface area (Å²) in [6.07, 6.45) is 2.06. The van der Waals surface area contributed by atoms with Gasteiger partial charge in [0.25, 0.3) is 0 Å². The van der Waals surface area contributed by atoms with Gasteiger partial charge in [0.15, 0.2) is 0 Å². The fourth-order valence-electron chi connectivity index (χ4n) is 3.15. The summed E-state index contributed by atoms with van der Waals surface area (Å²) in [5, 5.41) is 16.1. The lowest BCUT2D eigenvalue weighted by atomic mass is 10.2. The lowest BCUT2D eigenvalue weighted by Gasteiger charge is -2.13. The van der Waals surface area contributed by atoms with E-state index in [0.29, 0.717) is 35.2 Å². The van der Waals surface area contributed by atoms with Crippen molar-refractivity contribution in [3.8, 4) is 11.8 Å². The number of hydrogen-bond donors (Lipinski definition) is 2. The number of rotatable bonds is 8. The number of fused-ring (bicyclic) bond motifs is 1. The molecule has 0 aliphatic heterocycles. The summed E-state index contributed by atoms with van der Waals surface area (Å²) in [6, 6.07) is 14.7. The topological polar surface area (TPSA) is 82.3 Å². The maximum Gasteiger partial charge on any atom is 0.323 e. The van der Waals surface area contributed by atoms with Crippen molar-refractivity contribution < 1.29 is 9.53 Å². The van der Waals surface area contributed by atoms with Crippen molar-refractivity contribution in [2.45, 2.75) is 20.4 Å². The Bertz CT molecular complexity index is 1100. The van der Waals surface area contributed by atoms with Crippen molar-refractivity contribution >= 4 is 28.3 Å². The smallest absolute Gasteiger partial charge is 0.323 e. The van der Waals surface area contributed by atoms with Gasteiger partial charge in [-0.05, 0) is 62.5 Å². The Morgan fingerprint density at radius 2 is 1.84 bits per heavy atom. The second-order valence-electron chi connectivity index (χ2n) is 8.19. The van der Waals surface area contributed by atoms with Gasteiger partial charge in [0.2, 0.25) is 0 Å². The number of nitriles is 1. The lowest BCUT2D eigenvalue weighted by molar-refractivity contribution is 0.262. The number of ether oxygens (including phenoxy) is 1. The first kappa shape index (κ1) is 22.2. The van der Waals surface area contributed by atoms with Crippen LogP contribution in [0.3, 0.4) is 0 Å². The number of carbonyl (C=O) groups excluding carboxylic acids is 1. The standard InChI is InChI=1S/C24H29N5O2/c1-17(2)16-31-23-8-6-21(14-19(23)15-25)27-24(30)26-20-5-7-22-18(13-20)9-10-29(22)12-11-28(3)4/h5-10,13-14,17H,11-12,16H2,1-4H3,(H2,26,27,30). The first-order valence-corrected chi connectivity index (χ1v) is 10.3. The summed E-state index contributed by atoms with van der Waals surface area (Å²) in [6.45, 7) is 6.48. The van der Waals surface area contributed by atoms with Crippen molar-refractivity contribution in [2.75, 3.05) is 37.9 Å². The molecule has 0 bridgehead atoms. The highest BCUT2D eigenvalue weighted by Crippen LogP contribution is 2.24. The number of urea groups is 1. The van der Waals surface area contributed by atoms with Crippen LogP contribution in [0, 0.1) is 17.2 Å². The average Bonchev–Trinajstić information content (AvgIpc) is 3.13. The predicted octanol–water partition coefficient (Wildman–Crippen LogP) is 4.75. The van der Waals surface area contributed by atoms with Crippen LogP contribution in [0.1, 0.15) is 19.4 Å². The second-order valence-corrected chi connectivity index (χ2v) is 8.19. The van der Waals surface area contributed by atoms with E-state index in [2.05, 4.69) is 46.5 Å². The first-order valence-electron chi connectivity index (χ1n) is 10.3. The number of aromatic nitrogens is 1. The number of nitrogens with zero attached hydrogens (tertiary/aromatic N) is 3. The zero-order chi connectivity index (χ0) is 22.4. The molecule has 7 heteroatoms. The number of amides is 2. The zero-order valence-corrected chi connectivity index (χ0v) is 18.5. The zero-order valence-electron chi connectivity index (χ0n) is 18.5. The molecule has 1 heterocycles. The van der Waals surface area contributed by atoms with Gasteiger partial charge in [0.05, 0.1) is 12.2 Å². The van der Waals surface area contributed by atoms with Crippen LogP contribution in [0.25, 0.3) is 10.9 Å². The van der Waals surface area contributed by atoms with Gasteiger partial charge in [-0.3, -0.25) is 0 Å². The minimum Gasteiger partial charge on any atom is -0.492 e. The van der Waals surface area contributed by atoms with E-state index in [0.717, 1.165) is 24.0 Å².